The molecule has 2 heterocycles. The van der Waals surface area contributed by atoms with E-state index in [1.807, 2.05) is 39.0 Å². The average Bonchev–Trinajstić information content (AvgIpc) is 3.06. The monoisotopic (exact) mass is 832 g/mol. The zero-order valence-corrected chi connectivity index (χ0v) is 25.2. The van der Waals surface area contributed by atoms with Crippen LogP contribution in [0.4, 0.5) is 12.7 Å². The normalized spacial score (nSPS) is 14.0. The molecule has 1 fully saturated rings. The molecule has 2 amide bonds. The summed E-state index contributed by atoms with van der Waals surface area (Å²) in [5.74, 6) is -3.89. The molecular formula is C19H22F3N3O2SVW2. The van der Waals surface area contributed by atoms with Crippen LogP contribution in [0.3, 0.4) is 0 Å². The molecule has 1 aliphatic heterocycles. The van der Waals surface area contributed by atoms with E-state index < -0.39 is 36.4 Å². The topological polar surface area (TPSA) is 62.3 Å². The summed E-state index contributed by atoms with van der Waals surface area (Å²) in [6.45, 7) is 6.10. The number of rotatable bonds is 3. The van der Waals surface area contributed by atoms with E-state index in [1.54, 1.807) is 6.07 Å². The zero-order valence-electron chi connectivity index (χ0n) is 17.1. The molecule has 0 unspecified atom stereocenters. The number of aromatic nitrogens is 1. The maximum absolute atomic E-state index is 13.1. The van der Waals surface area contributed by atoms with E-state index in [0.29, 0.717) is 16.5 Å². The predicted molar refractivity (Wildman–Crippen MR) is 104 cm³/mol. The Kier molecular flexibility index (Phi) is 14.6. The summed E-state index contributed by atoms with van der Waals surface area (Å²) in [5, 5.41) is 3.17. The number of alkyl halides is 2. The molecule has 1 N–H and O–H groups in total. The van der Waals surface area contributed by atoms with E-state index in [1.165, 1.54) is 12.7 Å². The minimum atomic E-state index is -2.89. The average molecular weight is 832 g/mol. The number of nitrogens with zero attached hydrogens (tertiary/aromatic N) is 2. The number of amides is 2. The number of carbonyl (C=O) groups excluding carboxylic acids is 2. The third-order valence-electron chi connectivity index (χ3n) is 3.87. The zero-order chi connectivity index (χ0) is 22.9. The summed E-state index contributed by atoms with van der Waals surface area (Å²) in [5.41, 5.74) is 1.36. The summed E-state index contributed by atoms with van der Waals surface area (Å²) in [6, 6.07) is 7.11. The molecule has 31 heavy (non-hydrogen) atoms. The van der Waals surface area contributed by atoms with Crippen LogP contribution in [0, 0.1) is 13.5 Å². The van der Waals surface area contributed by atoms with E-state index in [-0.39, 0.29) is 25.1 Å². The standard InChI is InChI=1S/C17H16F2N3O2.C2H6.FS.V.2W/c1-11-2-3-14-13(8-11)12(4-6-20-14)16(24)21-9-15(23)22-7-5-17(18,19)10-22;2*1-2;;;/h2-4,6-8H,5,9-10H2,1H3,(H,21,24);1-2H3;;;;/q-1;;-1;+2;;. The first-order valence-electron chi connectivity index (χ1n) is 8.99. The molecule has 0 saturated carbocycles. The number of benzene rings is 1. The summed E-state index contributed by atoms with van der Waals surface area (Å²) >= 11 is 2.15. The van der Waals surface area contributed by atoms with Gasteiger partial charge >= 0.3 is 64.1 Å². The van der Waals surface area contributed by atoms with Crippen LogP contribution in [0.25, 0.3) is 10.9 Å². The first kappa shape index (κ1) is 30.7. The van der Waals surface area contributed by atoms with Gasteiger partial charge in [-0.25, -0.2) is 15.3 Å². The van der Waals surface area contributed by atoms with Gasteiger partial charge in [0.15, 0.2) is 0 Å². The minimum absolute atomic E-state index is 0. The number of halogens is 3. The third kappa shape index (κ3) is 10.4. The van der Waals surface area contributed by atoms with Crippen LogP contribution in [0.2, 0.25) is 0 Å². The molecule has 1 aromatic carbocycles. The Balaban J connectivity index is 0.00000116. The van der Waals surface area contributed by atoms with E-state index >= 15 is 0 Å². The molecule has 1 aliphatic rings. The van der Waals surface area contributed by atoms with E-state index in [4.69, 9.17) is 0 Å². The van der Waals surface area contributed by atoms with Crippen molar-refractivity contribution in [2.24, 2.45) is 0 Å². The van der Waals surface area contributed by atoms with Crippen LogP contribution in [-0.4, -0.2) is 40.7 Å². The predicted octanol–water partition coefficient (Wildman–Crippen LogP) is 3.74. The van der Waals surface area contributed by atoms with Crippen molar-refractivity contribution in [2.75, 3.05) is 13.1 Å². The van der Waals surface area contributed by atoms with Crippen molar-refractivity contribution >= 4 is 28.4 Å². The fraction of sp³-hybridized carbons (Fsp3) is 0.368. The maximum Gasteiger partial charge on any atom is 2.00 e. The smallest absolute Gasteiger partial charge is 2.00 e. The summed E-state index contributed by atoms with van der Waals surface area (Å²) < 4.78 is 37.3. The van der Waals surface area contributed by atoms with Crippen LogP contribution in [0.15, 0.2) is 30.5 Å². The quantitative estimate of drug-likeness (QED) is 0.380. The fourth-order valence-corrected chi connectivity index (χ4v) is 2.62. The van der Waals surface area contributed by atoms with Crippen molar-refractivity contribution in [3.8, 4) is 0 Å². The van der Waals surface area contributed by atoms with Crippen molar-refractivity contribution in [1.29, 1.82) is 0 Å². The molecule has 0 aliphatic carbocycles. The van der Waals surface area contributed by atoms with E-state index in [0.717, 1.165) is 46.5 Å². The fourth-order valence-electron chi connectivity index (χ4n) is 2.62. The molecule has 169 valence electrons. The number of nitrogens with one attached hydrogen (secondary N) is 1. The maximum atomic E-state index is 13.1. The van der Waals surface area contributed by atoms with Crippen LogP contribution in [0.5, 0.6) is 0 Å². The molecule has 1 saturated heterocycles. The Labute approximate surface area is 213 Å². The molecule has 5 nitrogen and oxygen atoms in total. The van der Waals surface area contributed by atoms with Gasteiger partial charge in [-0.15, -0.1) is 0 Å². The molecule has 1 aromatic heterocycles. The van der Waals surface area contributed by atoms with E-state index in [2.05, 4.69) is 10.3 Å². The number of likely N-dealkylation sites (tertiary alicyclic amines) is 1. The molecule has 0 spiro atoms. The van der Waals surface area contributed by atoms with Gasteiger partial charge in [-0.2, -0.15) is 0 Å². The minimum Gasteiger partial charge on any atom is 2.00 e. The molecule has 12 heteroatoms. The Morgan fingerprint density at radius 1 is 1.29 bits per heavy atom. The molecule has 3 rings (SSSR count). The molecule has 1 radical (unpaired) electrons. The SMILES string of the molecule is CC.Cc1ccc2nccc(C(=O)NCC(=O)N3[CH-]CC(F)(F)C3)c2c1.F[S-](=[W])=[W].[V+2]. The second-order valence-electron chi connectivity index (χ2n) is 6.02. The Hall–Kier alpha value is -0.329. The first-order chi connectivity index (χ1) is 14.1. The van der Waals surface area contributed by atoms with Gasteiger partial charge in [-0.1, -0.05) is 31.9 Å². The Bertz CT molecular complexity index is 970. The molecular weight excluding hydrogens is 810 g/mol. The first-order valence-corrected chi connectivity index (χ1v) is 17.1. The number of aryl methyl sites for hydroxylation is 1. The van der Waals surface area contributed by atoms with Crippen molar-refractivity contribution < 1.29 is 76.8 Å². The molecule has 0 atom stereocenters. The molecule has 0 bridgehead atoms. The van der Waals surface area contributed by atoms with Gasteiger partial charge in [0.25, 0.3) is 5.91 Å². The molecule has 2 aromatic rings. The van der Waals surface area contributed by atoms with Crippen LogP contribution in [-0.2, 0) is 65.0 Å². The van der Waals surface area contributed by atoms with Crippen LogP contribution >= 0.6 is 0 Å². The van der Waals surface area contributed by atoms with Gasteiger partial charge in [-0.05, 0) is 25.1 Å². The van der Waals surface area contributed by atoms with E-state index in [9.17, 15) is 22.3 Å². The number of pyridine rings is 1. The number of fused-ring (bicyclic) bond motifs is 1. The van der Waals surface area contributed by atoms with Gasteiger partial charge in [0.2, 0.25) is 11.8 Å². The van der Waals surface area contributed by atoms with Crippen molar-refractivity contribution in [3.63, 3.8) is 0 Å². The van der Waals surface area contributed by atoms with Gasteiger partial charge < -0.3 is 10.2 Å². The Morgan fingerprint density at radius 3 is 2.45 bits per heavy atom. The van der Waals surface area contributed by atoms with Gasteiger partial charge in [0.05, 0.1) is 24.2 Å². The number of hydrogen-bond donors (Lipinski definition) is 1. The van der Waals surface area contributed by atoms with Crippen LogP contribution < -0.4 is 5.32 Å². The number of hydrogen-bond acceptors (Lipinski definition) is 4. The Morgan fingerprint density at radius 2 is 1.90 bits per heavy atom. The summed E-state index contributed by atoms with van der Waals surface area (Å²) in [4.78, 5) is 29.4. The van der Waals surface area contributed by atoms with Gasteiger partial charge in [0, 0.05) is 11.6 Å². The summed E-state index contributed by atoms with van der Waals surface area (Å²) in [7, 11) is 0. The van der Waals surface area contributed by atoms with Gasteiger partial charge in [0.1, 0.15) is 0 Å². The second-order valence-corrected chi connectivity index (χ2v) is 22.6. The third-order valence-corrected chi connectivity index (χ3v) is 3.87. The number of carbonyl (C=O) groups is 2. The van der Waals surface area contributed by atoms with Crippen molar-refractivity contribution in [3.05, 3.63) is 48.1 Å². The van der Waals surface area contributed by atoms with Crippen molar-refractivity contribution in [1.82, 2.24) is 15.2 Å². The second kappa shape index (κ2) is 14.7. The largest absolute Gasteiger partial charge is 2.00 e. The van der Waals surface area contributed by atoms with Gasteiger partial charge in [-0.3, -0.25) is 14.6 Å². The summed E-state index contributed by atoms with van der Waals surface area (Å²) in [6.07, 6.45) is 1.06. The van der Waals surface area contributed by atoms with Crippen molar-refractivity contribution in [2.45, 2.75) is 33.1 Å². The van der Waals surface area contributed by atoms with Crippen LogP contribution in [0.1, 0.15) is 36.2 Å².